The highest BCUT2D eigenvalue weighted by atomic mass is 35.5. The minimum Gasteiger partial charge on any atom is -0.378 e. The molecule has 3 amide bonds. The number of carbonyl (C=O) groups is 3. The van der Waals surface area contributed by atoms with Crippen LogP contribution in [0.15, 0.2) is 66.7 Å². The predicted octanol–water partition coefficient (Wildman–Crippen LogP) is 4.23. The Hall–Kier alpha value is -3.68. The molecule has 0 atom stereocenters. The summed E-state index contributed by atoms with van der Waals surface area (Å²) in [5, 5.41) is 3.45. The highest BCUT2D eigenvalue weighted by Gasteiger charge is 2.36. The van der Waals surface area contributed by atoms with E-state index >= 15 is 0 Å². The molecule has 7 nitrogen and oxygen atoms in total. The van der Waals surface area contributed by atoms with Crippen molar-refractivity contribution in [1.29, 1.82) is 0 Å². The Kier molecular flexibility index (Phi) is 6.04. The minimum atomic E-state index is -0.407. The summed E-state index contributed by atoms with van der Waals surface area (Å²) >= 11 is 6.47. The molecule has 0 aliphatic carbocycles. The number of rotatable bonds is 5. The van der Waals surface area contributed by atoms with Gasteiger partial charge in [-0.05, 0) is 35.9 Å². The molecule has 3 aromatic carbocycles. The zero-order chi connectivity index (χ0) is 23.7. The van der Waals surface area contributed by atoms with Gasteiger partial charge in [0.15, 0.2) is 0 Å². The number of ether oxygens (including phenoxy) is 1. The standard InChI is InChI=1S/C26H22ClN3O4/c27-21-7-4-8-22(23(21)29-11-13-34-14-12-29)28-24(31)18-9-10-19-20(15-18)26(33)30(25(19)32)16-17-5-2-1-3-6-17/h1-10,15H,11-14,16H2,(H,28,31). The van der Waals surface area contributed by atoms with Gasteiger partial charge in [0.25, 0.3) is 17.7 Å². The third-order valence-corrected chi connectivity index (χ3v) is 6.28. The summed E-state index contributed by atoms with van der Waals surface area (Å²) in [6.07, 6.45) is 0. The lowest BCUT2D eigenvalue weighted by atomic mass is 10.1. The average molecular weight is 476 g/mol. The highest BCUT2D eigenvalue weighted by molar-refractivity contribution is 6.34. The lowest BCUT2D eigenvalue weighted by Gasteiger charge is -2.31. The Bertz CT molecular complexity index is 1270. The molecule has 0 bridgehead atoms. The van der Waals surface area contributed by atoms with Crippen molar-refractivity contribution in [2.45, 2.75) is 6.54 Å². The van der Waals surface area contributed by atoms with Crippen molar-refractivity contribution >= 4 is 40.7 Å². The fourth-order valence-electron chi connectivity index (χ4n) is 4.26. The van der Waals surface area contributed by atoms with Crippen LogP contribution in [-0.4, -0.2) is 48.9 Å². The maximum atomic E-state index is 13.1. The second kappa shape index (κ2) is 9.29. The van der Waals surface area contributed by atoms with Gasteiger partial charge in [0, 0.05) is 18.7 Å². The maximum Gasteiger partial charge on any atom is 0.261 e. The number of nitrogens with one attached hydrogen (secondary N) is 1. The third kappa shape index (κ3) is 4.16. The Morgan fingerprint density at radius 2 is 1.65 bits per heavy atom. The smallest absolute Gasteiger partial charge is 0.261 e. The first-order chi connectivity index (χ1) is 16.5. The molecule has 172 valence electrons. The summed E-state index contributed by atoms with van der Waals surface area (Å²) in [6.45, 7) is 2.68. The van der Waals surface area contributed by atoms with Gasteiger partial charge in [0.1, 0.15) is 0 Å². The summed E-state index contributed by atoms with van der Waals surface area (Å²) in [5.41, 5.74) is 2.98. The van der Waals surface area contributed by atoms with E-state index in [1.54, 1.807) is 24.3 Å². The number of carbonyl (C=O) groups excluding carboxylic acids is 3. The van der Waals surface area contributed by atoms with E-state index in [1.807, 2.05) is 30.3 Å². The van der Waals surface area contributed by atoms with Crippen LogP contribution in [-0.2, 0) is 11.3 Å². The Morgan fingerprint density at radius 3 is 2.41 bits per heavy atom. The van der Waals surface area contributed by atoms with E-state index in [0.29, 0.717) is 42.6 Å². The van der Waals surface area contributed by atoms with Gasteiger partial charge in [-0.15, -0.1) is 0 Å². The Labute approximate surface area is 201 Å². The number of nitrogens with zero attached hydrogens (tertiary/aromatic N) is 2. The number of fused-ring (bicyclic) bond motifs is 1. The zero-order valence-electron chi connectivity index (χ0n) is 18.3. The van der Waals surface area contributed by atoms with Crippen molar-refractivity contribution in [3.05, 3.63) is 94.0 Å². The zero-order valence-corrected chi connectivity index (χ0v) is 19.0. The van der Waals surface area contributed by atoms with Crippen molar-refractivity contribution in [1.82, 2.24) is 4.90 Å². The number of para-hydroxylation sites is 1. The number of amides is 3. The topological polar surface area (TPSA) is 79.0 Å². The van der Waals surface area contributed by atoms with Crippen molar-refractivity contribution in [2.24, 2.45) is 0 Å². The van der Waals surface area contributed by atoms with Gasteiger partial charge in [-0.2, -0.15) is 0 Å². The highest BCUT2D eigenvalue weighted by Crippen LogP contribution is 2.35. The normalized spacial score (nSPS) is 15.4. The second-order valence-corrected chi connectivity index (χ2v) is 8.54. The van der Waals surface area contributed by atoms with E-state index in [2.05, 4.69) is 10.2 Å². The summed E-state index contributed by atoms with van der Waals surface area (Å²) in [7, 11) is 0. The summed E-state index contributed by atoms with van der Waals surface area (Å²) in [5.74, 6) is -1.16. The lowest BCUT2D eigenvalue weighted by Crippen LogP contribution is -2.37. The van der Waals surface area contributed by atoms with Gasteiger partial charge >= 0.3 is 0 Å². The molecule has 34 heavy (non-hydrogen) atoms. The van der Waals surface area contributed by atoms with E-state index in [4.69, 9.17) is 16.3 Å². The van der Waals surface area contributed by atoms with Crippen LogP contribution >= 0.6 is 11.6 Å². The van der Waals surface area contributed by atoms with Gasteiger partial charge in [0.2, 0.25) is 0 Å². The molecule has 2 aliphatic rings. The first-order valence-corrected chi connectivity index (χ1v) is 11.4. The maximum absolute atomic E-state index is 13.1. The van der Waals surface area contributed by atoms with Crippen molar-refractivity contribution in [3.63, 3.8) is 0 Å². The SMILES string of the molecule is O=C(Nc1cccc(Cl)c1N1CCOCC1)c1ccc2c(c1)C(=O)N(Cc1ccccc1)C2=O. The molecule has 1 saturated heterocycles. The number of anilines is 2. The van der Waals surface area contributed by atoms with Gasteiger partial charge in [-0.1, -0.05) is 48.0 Å². The molecule has 1 N–H and O–H groups in total. The van der Waals surface area contributed by atoms with E-state index in [9.17, 15) is 14.4 Å². The fraction of sp³-hybridized carbons (Fsp3) is 0.192. The molecule has 2 heterocycles. The fourth-order valence-corrected chi connectivity index (χ4v) is 4.55. The van der Waals surface area contributed by atoms with Crippen LogP contribution in [0.1, 0.15) is 36.6 Å². The van der Waals surface area contributed by atoms with Crippen molar-refractivity contribution in [3.8, 4) is 0 Å². The molecule has 0 aromatic heterocycles. The van der Waals surface area contributed by atoms with Gasteiger partial charge in [-0.25, -0.2) is 0 Å². The predicted molar refractivity (Wildman–Crippen MR) is 130 cm³/mol. The van der Waals surface area contributed by atoms with Gasteiger partial charge < -0.3 is 15.0 Å². The van der Waals surface area contributed by atoms with Crippen LogP contribution in [0.4, 0.5) is 11.4 Å². The van der Waals surface area contributed by atoms with Crippen LogP contribution in [0, 0.1) is 0 Å². The van der Waals surface area contributed by atoms with Crippen LogP contribution in [0.25, 0.3) is 0 Å². The summed E-state index contributed by atoms with van der Waals surface area (Å²) in [6, 6.07) is 19.2. The average Bonchev–Trinajstić information content (AvgIpc) is 3.09. The van der Waals surface area contributed by atoms with E-state index in [0.717, 1.165) is 11.3 Å². The molecule has 5 rings (SSSR count). The largest absolute Gasteiger partial charge is 0.378 e. The quantitative estimate of drug-likeness (QED) is 0.559. The molecule has 0 saturated carbocycles. The third-order valence-electron chi connectivity index (χ3n) is 5.98. The van der Waals surface area contributed by atoms with Crippen LogP contribution in [0.3, 0.4) is 0 Å². The van der Waals surface area contributed by atoms with Crippen LogP contribution in [0.5, 0.6) is 0 Å². The second-order valence-electron chi connectivity index (χ2n) is 8.13. The molecule has 0 spiro atoms. The molecule has 1 fully saturated rings. The number of halogens is 1. The van der Waals surface area contributed by atoms with Gasteiger partial charge in [0.05, 0.1) is 47.3 Å². The number of benzene rings is 3. The molecular formula is C26H22ClN3O4. The Balaban J connectivity index is 1.38. The molecule has 2 aliphatic heterocycles. The first kappa shape index (κ1) is 22.1. The minimum absolute atomic E-state index is 0.181. The summed E-state index contributed by atoms with van der Waals surface area (Å²) in [4.78, 5) is 42.2. The Morgan fingerprint density at radius 1 is 0.912 bits per heavy atom. The van der Waals surface area contributed by atoms with E-state index < -0.39 is 5.91 Å². The van der Waals surface area contributed by atoms with Crippen molar-refractivity contribution in [2.75, 3.05) is 36.5 Å². The van der Waals surface area contributed by atoms with E-state index in [-0.39, 0.29) is 29.5 Å². The first-order valence-electron chi connectivity index (χ1n) is 11.0. The molecule has 0 radical (unpaired) electrons. The van der Waals surface area contributed by atoms with Gasteiger partial charge in [-0.3, -0.25) is 19.3 Å². The van der Waals surface area contributed by atoms with E-state index in [1.165, 1.54) is 17.0 Å². The monoisotopic (exact) mass is 475 g/mol. The van der Waals surface area contributed by atoms with Crippen LogP contribution < -0.4 is 10.2 Å². The molecular weight excluding hydrogens is 454 g/mol. The number of hydrogen-bond acceptors (Lipinski definition) is 5. The number of morpholine rings is 1. The molecule has 8 heteroatoms. The number of hydrogen-bond donors (Lipinski definition) is 1. The lowest BCUT2D eigenvalue weighted by molar-refractivity contribution is 0.0642. The van der Waals surface area contributed by atoms with Crippen LogP contribution in [0.2, 0.25) is 5.02 Å². The van der Waals surface area contributed by atoms with Crippen molar-refractivity contribution < 1.29 is 19.1 Å². The summed E-state index contributed by atoms with van der Waals surface area (Å²) < 4.78 is 5.42. The molecule has 3 aromatic rings. The number of imide groups is 1. The molecule has 0 unspecified atom stereocenters.